The number of fused-ring (bicyclic) bond motifs is 3. The molecule has 0 aliphatic heterocycles. The lowest BCUT2D eigenvalue weighted by Crippen LogP contribution is -2.29. The van der Waals surface area contributed by atoms with Gasteiger partial charge in [-0.3, -0.25) is 14.8 Å². The van der Waals surface area contributed by atoms with Crippen molar-refractivity contribution in [1.82, 2.24) is 24.7 Å². The van der Waals surface area contributed by atoms with Gasteiger partial charge in [-0.1, -0.05) is 13.8 Å². The molecule has 1 amide bonds. The number of hydrogen-bond acceptors (Lipinski definition) is 7. The summed E-state index contributed by atoms with van der Waals surface area (Å²) < 4.78 is 1.82. The molecule has 0 spiro atoms. The normalized spacial score (nSPS) is 14.5. The van der Waals surface area contributed by atoms with Gasteiger partial charge < -0.3 is 5.73 Å². The van der Waals surface area contributed by atoms with E-state index in [2.05, 4.69) is 39.2 Å². The number of nitrogen functional groups attached to an aromatic ring is 1. The smallest absolute Gasteiger partial charge is 0.278 e. The van der Waals surface area contributed by atoms with Gasteiger partial charge in [0.15, 0.2) is 10.8 Å². The largest absolute Gasteiger partial charge is 0.368 e. The maximum atomic E-state index is 13.0. The molecule has 0 saturated heterocycles. The van der Waals surface area contributed by atoms with E-state index >= 15 is 0 Å². The van der Waals surface area contributed by atoms with Gasteiger partial charge in [-0.15, -0.1) is 11.3 Å². The molecule has 0 unspecified atom stereocenters. The first kappa shape index (κ1) is 17.6. The first-order chi connectivity index (χ1) is 12.8. The number of rotatable bonds is 3. The molecule has 0 aromatic carbocycles. The Balaban J connectivity index is 1.87. The molecule has 0 fully saturated rings. The average molecular weight is 383 g/mol. The zero-order valence-electron chi connectivity index (χ0n) is 15.7. The van der Waals surface area contributed by atoms with Crippen molar-refractivity contribution in [3.63, 3.8) is 0 Å². The van der Waals surface area contributed by atoms with Gasteiger partial charge in [0.25, 0.3) is 5.91 Å². The molecular formula is C18H21N7OS. The summed E-state index contributed by atoms with van der Waals surface area (Å²) in [5.74, 6) is -0.0427. The van der Waals surface area contributed by atoms with Crippen LogP contribution in [0.25, 0.3) is 11.4 Å². The van der Waals surface area contributed by atoms with Crippen LogP contribution in [0.4, 0.5) is 11.1 Å². The molecule has 27 heavy (non-hydrogen) atoms. The van der Waals surface area contributed by atoms with E-state index in [4.69, 9.17) is 5.73 Å². The Bertz CT molecular complexity index is 1050. The second-order valence-electron chi connectivity index (χ2n) is 7.30. The topological polar surface area (TPSA) is 112 Å². The van der Waals surface area contributed by atoms with Crippen molar-refractivity contribution in [3.05, 3.63) is 34.1 Å². The highest BCUT2D eigenvalue weighted by atomic mass is 32.1. The van der Waals surface area contributed by atoms with E-state index in [1.54, 1.807) is 6.20 Å². The monoisotopic (exact) mass is 383 g/mol. The van der Waals surface area contributed by atoms with Crippen molar-refractivity contribution in [1.29, 1.82) is 0 Å². The molecule has 3 N–H and O–H groups in total. The average Bonchev–Trinajstić information content (AvgIpc) is 3.19. The molecular weight excluding hydrogens is 362 g/mol. The third-order valence-corrected chi connectivity index (χ3v) is 5.60. The van der Waals surface area contributed by atoms with E-state index in [0.717, 1.165) is 28.2 Å². The molecule has 0 saturated carbocycles. The fraction of sp³-hybridized carbons (Fsp3) is 0.389. The van der Waals surface area contributed by atoms with Crippen LogP contribution in [-0.2, 0) is 18.4 Å². The molecule has 3 aromatic heterocycles. The van der Waals surface area contributed by atoms with E-state index in [1.165, 1.54) is 11.3 Å². The van der Waals surface area contributed by atoms with Gasteiger partial charge in [-0.25, -0.2) is 15.0 Å². The van der Waals surface area contributed by atoms with Gasteiger partial charge in [0.05, 0.1) is 17.1 Å². The van der Waals surface area contributed by atoms with Gasteiger partial charge >= 0.3 is 0 Å². The van der Waals surface area contributed by atoms with Crippen LogP contribution in [-0.4, -0.2) is 30.6 Å². The van der Waals surface area contributed by atoms with Gasteiger partial charge in [-0.2, -0.15) is 5.10 Å². The van der Waals surface area contributed by atoms with Crippen molar-refractivity contribution in [2.75, 3.05) is 11.1 Å². The Hall–Kier alpha value is -2.81. The van der Waals surface area contributed by atoms with Crippen molar-refractivity contribution in [2.45, 2.75) is 46.1 Å². The molecule has 0 atom stereocenters. The van der Waals surface area contributed by atoms with Crippen molar-refractivity contribution in [3.8, 4) is 11.4 Å². The molecule has 0 bridgehead atoms. The number of nitrogens with two attached hydrogens (primary N) is 1. The quantitative estimate of drug-likeness (QED) is 0.719. The van der Waals surface area contributed by atoms with Crippen LogP contribution in [0.3, 0.4) is 0 Å². The van der Waals surface area contributed by atoms with Gasteiger partial charge in [-0.05, 0) is 31.2 Å². The maximum absolute atomic E-state index is 13.0. The van der Waals surface area contributed by atoms with E-state index in [-0.39, 0.29) is 17.3 Å². The summed E-state index contributed by atoms with van der Waals surface area (Å²) in [5, 5.41) is 9.96. The molecule has 9 heteroatoms. The summed E-state index contributed by atoms with van der Waals surface area (Å²) >= 11 is 1.40. The maximum Gasteiger partial charge on any atom is 0.278 e. The summed E-state index contributed by atoms with van der Waals surface area (Å²) in [4.78, 5) is 25.9. The lowest BCUT2D eigenvalue weighted by molar-refractivity contribution is 0.101. The lowest BCUT2D eigenvalue weighted by Gasteiger charge is -2.31. The third-order valence-electron chi connectivity index (χ3n) is 4.72. The molecule has 4 rings (SSSR count). The zero-order chi connectivity index (χ0) is 19.3. The minimum atomic E-state index is -0.291. The van der Waals surface area contributed by atoms with E-state index < -0.39 is 0 Å². The number of nitrogens with zero attached hydrogens (tertiary/aromatic N) is 5. The highest BCUT2D eigenvalue weighted by Gasteiger charge is 2.40. The first-order valence-electron chi connectivity index (χ1n) is 8.76. The van der Waals surface area contributed by atoms with Crippen LogP contribution in [0.2, 0.25) is 0 Å². The Morgan fingerprint density at radius 1 is 1.41 bits per heavy atom. The highest BCUT2D eigenvalue weighted by Crippen LogP contribution is 2.44. The van der Waals surface area contributed by atoms with Gasteiger partial charge in [0.1, 0.15) is 0 Å². The molecule has 140 valence electrons. The van der Waals surface area contributed by atoms with Crippen LogP contribution in [0, 0.1) is 6.92 Å². The van der Waals surface area contributed by atoms with Crippen molar-refractivity contribution >= 4 is 28.3 Å². The molecule has 8 nitrogen and oxygen atoms in total. The summed E-state index contributed by atoms with van der Waals surface area (Å²) in [6.45, 7) is 8.72. The minimum Gasteiger partial charge on any atom is -0.368 e. The number of carbonyl (C=O) groups excluding carboxylic acids is 1. The molecule has 3 heterocycles. The Morgan fingerprint density at radius 2 is 2.19 bits per heavy atom. The van der Waals surface area contributed by atoms with Crippen molar-refractivity contribution < 1.29 is 4.79 Å². The van der Waals surface area contributed by atoms with Crippen LogP contribution in [0.1, 0.15) is 48.1 Å². The molecule has 1 aliphatic carbocycles. The standard InChI is InChI=1S/C18H21N7OS/c1-5-25-14-11(13(24-25)15(26)23-17-21-9(2)8-27-17)18(3,4)6-10-7-20-16(19)22-12(10)14/h7-8H,5-6H2,1-4H3,(H2,19,20,22)(H,21,23,26). The van der Waals surface area contributed by atoms with E-state index in [9.17, 15) is 4.79 Å². The number of anilines is 2. The molecule has 3 aromatic rings. The molecule has 1 aliphatic rings. The Kier molecular flexibility index (Phi) is 3.99. The fourth-order valence-corrected chi connectivity index (χ4v) is 4.30. The summed E-state index contributed by atoms with van der Waals surface area (Å²) in [6, 6.07) is 0. The SMILES string of the molecule is CCn1nc(C(=O)Nc2nc(C)cs2)c2c1-c1nc(N)ncc1CC2(C)C. The lowest BCUT2D eigenvalue weighted by atomic mass is 9.73. The van der Waals surface area contributed by atoms with E-state index in [0.29, 0.717) is 23.8 Å². The second kappa shape index (κ2) is 6.12. The third kappa shape index (κ3) is 2.87. The van der Waals surface area contributed by atoms with Crippen molar-refractivity contribution in [2.24, 2.45) is 0 Å². The number of thiazole rings is 1. The number of amides is 1. The highest BCUT2D eigenvalue weighted by molar-refractivity contribution is 7.13. The predicted octanol–water partition coefficient (Wildman–Crippen LogP) is 2.79. The van der Waals surface area contributed by atoms with Crippen LogP contribution < -0.4 is 11.1 Å². The zero-order valence-corrected chi connectivity index (χ0v) is 16.5. The molecule has 0 radical (unpaired) electrons. The summed E-state index contributed by atoms with van der Waals surface area (Å²) in [6.07, 6.45) is 2.48. The Labute approximate surface area is 160 Å². The van der Waals surface area contributed by atoms with Crippen LogP contribution >= 0.6 is 11.3 Å². The fourth-order valence-electron chi connectivity index (χ4n) is 3.62. The van der Waals surface area contributed by atoms with Gasteiger partial charge in [0.2, 0.25) is 5.95 Å². The minimum absolute atomic E-state index is 0.215. The summed E-state index contributed by atoms with van der Waals surface area (Å²) in [5.41, 5.74) is 10.3. The van der Waals surface area contributed by atoms with E-state index in [1.807, 2.05) is 23.9 Å². The van der Waals surface area contributed by atoms with Crippen LogP contribution in [0.15, 0.2) is 11.6 Å². The van der Waals surface area contributed by atoms with Crippen LogP contribution in [0.5, 0.6) is 0 Å². The van der Waals surface area contributed by atoms with Gasteiger partial charge in [0, 0.05) is 23.7 Å². The number of aryl methyl sites for hydroxylation is 2. The number of hydrogen-bond donors (Lipinski definition) is 2. The number of nitrogens with one attached hydrogen (secondary N) is 1. The second-order valence-corrected chi connectivity index (χ2v) is 8.16. The summed E-state index contributed by atoms with van der Waals surface area (Å²) in [7, 11) is 0. The Morgan fingerprint density at radius 3 is 2.85 bits per heavy atom. The first-order valence-corrected chi connectivity index (χ1v) is 9.64. The number of aromatic nitrogens is 5. The predicted molar refractivity (Wildman–Crippen MR) is 105 cm³/mol. The number of carbonyl (C=O) groups is 1.